The Balaban J connectivity index is 1.35. The van der Waals surface area contributed by atoms with E-state index in [1.54, 1.807) is 4.90 Å². The molecule has 9 nitrogen and oxygen atoms in total. The van der Waals surface area contributed by atoms with E-state index in [9.17, 15) is 19.2 Å². The first-order chi connectivity index (χ1) is 18.8. The van der Waals surface area contributed by atoms with E-state index in [4.69, 9.17) is 16.2 Å². The Morgan fingerprint density at radius 3 is 2.51 bits per heavy atom. The number of benzene rings is 2. The van der Waals surface area contributed by atoms with Crippen molar-refractivity contribution in [1.82, 2.24) is 5.32 Å². The average molecular weight is 535 g/mol. The number of carbonyl (C=O) groups excluding carboxylic acids is 4. The molecule has 39 heavy (non-hydrogen) atoms. The summed E-state index contributed by atoms with van der Waals surface area (Å²) in [5, 5.41) is 3.04. The van der Waals surface area contributed by atoms with Crippen molar-refractivity contribution in [3.63, 3.8) is 0 Å². The summed E-state index contributed by atoms with van der Waals surface area (Å²) in [5.41, 5.74) is 15.8. The lowest BCUT2D eigenvalue weighted by molar-refractivity contribution is -0.127. The minimum Gasteiger partial charge on any atom is -0.375 e. The lowest BCUT2D eigenvalue weighted by Gasteiger charge is -2.27. The first-order valence-corrected chi connectivity index (χ1v) is 13.8. The molecule has 5 N–H and O–H groups in total. The molecule has 2 aromatic carbocycles. The summed E-state index contributed by atoms with van der Waals surface area (Å²) in [7, 11) is 0. The third-order valence-corrected chi connectivity index (χ3v) is 7.38. The second kappa shape index (κ2) is 13.4. The molecule has 0 bridgehead atoms. The molecular weight excluding hydrogens is 496 g/mol. The molecule has 2 heterocycles. The fourth-order valence-electron chi connectivity index (χ4n) is 5.47. The van der Waals surface area contributed by atoms with Crippen LogP contribution in [0.15, 0.2) is 42.5 Å². The molecule has 0 saturated carbocycles. The number of amides is 4. The van der Waals surface area contributed by atoms with E-state index in [2.05, 4.69) is 11.4 Å². The third-order valence-electron chi connectivity index (χ3n) is 7.38. The Bertz CT molecular complexity index is 1210. The average Bonchev–Trinajstić information content (AvgIpc) is 3.22. The van der Waals surface area contributed by atoms with Gasteiger partial charge in [0.25, 0.3) is 0 Å². The number of primary amides is 2. The molecule has 9 heteroatoms. The molecule has 0 spiro atoms. The Morgan fingerprint density at radius 1 is 0.974 bits per heavy atom. The summed E-state index contributed by atoms with van der Waals surface area (Å²) in [6.07, 6.45) is 5.81. The van der Waals surface area contributed by atoms with Crippen LogP contribution in [0.2, 0.25) is 0 Å². The second-order valence-electron chi connectivity index (χ2n) is 10.5. The van der Waals surface area contributed by atoms with Gasteiger partial charge in [-0.05, 0) is 60.8 Å². The van der Waals surface area contributed by atoms with Crippen LogP contribution < -0.4 is 21.7 Å². The molecule has 4 rings (SSSR count). The molecule has 4 amide bonds. The number of nitrogens with two attached hydrogens (primary N) is 2. The number of hydrogen-bond acceptors (Lipinski definition) is 5. The highest BCUT2D eigenvalue weighted by atomic mass is 16.5. The number of ether oxygens (including phenoxy) is 1. The van der Waals surface area contributed by atoms with Crippen LogP contribution in [0.25, 0.3) is 0 Å². The third kappa shape index (κ3) is 7.66. The van der Waals surface area contributed by atoms with E-state index in [0.29, 0.717) is 32.3 Å². The fraction of sp³-hybridized carbons (Fsp3) is 0.467. The van der Waals surface area contributed by atoms with Gasteiger partial charge in [0.2, 0.25) is 23.6 Å². The van der Waals surface area contributed by atoms with E-state index in [0.717, 1.165) is 60.0 Å². The van der Waals surface area contributed by atoms with Crippen molar-refractivity contribution < 1.29 is 23.9 Å². The van der Waals surface area contributed by atoms with E-state index in [1.165, 1.54) is 0 Å². The first kappa shape index (κ1) is 28.3. The van der Waals surface area contributed by atoms with E-state index in [-0.39, 0.29) is 30.7 Å². The number of nitrogens with one attached hydrogen (secondary N) is 1. The van der Waals surface area contributed by atoms with Crippen molar-refractivity contribution in [3.05, 3.63) is 64.7 Å². The van der Waals surface area contributed by atoms with Gasteiger partial charge in [0.05, 0.1) is 24.9 Å². The first-order valence-electron chi connectivity index (χ1n) is 13.8. The van der Waals surface area contributed by atoms with E-state index in [1.807, 2.05) is 36.4 Å². The smallest absolute Gasteiger partial charge is 0.243 e. The highest BCUT2D eigenvalue weighted by Crippen LogP contribution is 2.38. The van der Waals surface area contributed by atoms with Gasteiger partial charge in [0.15, 0.2) is 0 Å². The molecule has 208 valence electrons. The molecule has 2 aliphatic rings. The van der Waals surface area contributed by atoms with Crippen LogP contribution in [0, 0.1) is 0 Å². The van der Waals surface area contributed by atoms with Crippen LogP contribution >= 0.6 is 0 Å². The molecule has 0 aromatic heterocycles. The summed E-state index contributed by atoms with van der Waals surface area (Å²) in [6.45, 7) is 0.557. The second-order valence-corrected chi connectivity index (χ2v) is 10.5. The topological polar surface area (TPSA) is 145 Å². The zero-order chi connectivity index (χ0) is 27.8. The van der Waals surface area contributed by atoms with Crippen LogP contribution in [-0.4, -0.2) is 42.3 Å². The zero-order valence-corrected chi connectivity index (χ0v) is 22.3. The molecular formula is C30H38N4O5. The Morgan fingerprint density at radius 2 is 1.72 bits per heavy atom. The Labute approximate surface area is 229 Å². The summed E-state index contributed by atoms with van der Waals surface area (Å²) < 4.78 is 5.97. The zero-order valence-electron chi connectivity index (χ0n) is 22.3. The lowest BCUT2D eigenvalue weighted by Crippen LogP contribution is -2.51. The Kier molecular flexibility index (Phi) is 9.70. The minimum atomic E-state index is -0.617. The van der Waals surface area contributed by atoms with E-state index >= 15 is 0 Å². The van der Waals surface area contributed by atoms with Crippen molar-refractivity contribution in [1.29, 1.82) is 0 Å². The van der Waals surface area contributed by atoms with Gasteiger partial charge in [-0.3, -0.25) is 24.1 Å². The number of para-hydroxylation sites is 1. The lowest BCUT2D eigenvalue weighted by atomic mass is 10.0. The van der Waals surface area contributed by atoms with Gasteiger partial charge in [-0.2, -0.15) is 0 Å². The molecule has 2 aliphatic heterocycles. The SMILES string of the molecule is NC(=O)CCCCc1cccc(COC[C@H](CCC(N)=O)NC(=O)[C@@H]2Cc3cccc4c3N2C(=O)CCC4)c1. The van der Waals surface area contributed by atoms with Gasteiger partial charge >= 0.3 is 0 Å². The fourth-order valence-corrected chi connectivity index (χ4v) is 5.47. The predicted molar refractivity (Wildman–Crippen MR) is 148 cm³/mol. The number of unbranched alkanes of at least 4 members (excludes halogenated alkanes) is 1. The maximum Gasteiger partial charge on any atom is 0.243 e. The quantitative estimate of drug-likeness (QED) is 0.319. The van der Waals surface area contributed by atoms with Crippen LogP contribution in [-0.2, 0) is 49.8 Å². The van der Waals surface area contributed by atoms with Gasteiger partial charge in [-0.1, -0.05) is 42.5 Å². The van der Waals surface area contributed by atoms with Gasteiger partial charge in [0.1, 0.15) is 6.04 Å². The standard InChI is InChI=1S/C30H38N4O5/c31-26(35)12-2-1-6-20-7-3-8-21(16-20)18-39-19-24(14-15-27(32)36)33-30(38)25-17-23-11-4-9-22-10-5-13-28(37)34(25)29(22)23/h3-4,7-9,11,16,24-25H,1-2,5-6,10,12-15,17-19H2,(H2,31,35)(H2,32,36)(H,33,38)/t24-,25-/m0/s1. The van der Waals surface area contributed by atoms with Crippen molar-refractivity contribution in [2.75, 3.05) is 11.5 Å². The molecule has 0 saturated heterocycles. The van der Waals surface area contributed by atoms with Crippen molar-refractivity contribution in [3.8, 4) is 0 Å². The highest BCUT2D eigenvalue weighted by Gasteiger charge is 2.40. The normalized spacial score (nSPS) is 16.9. The number of nitrogens with zero attached hydrogens (tertiary/aromatic N) is 1. The molecule has 0 radical (unpaired) electrons. The number of hydrogen-bond donors (Lipinski definition) is 3. The van der Waals surface area contributed by atoms with Crippen LogP contribution in [0.3, 0.4) is 0 Å². The number of aryl methyl sites for hydroxylation is 2. The molecule has 2 aromatic rings. The Hall–Kier alpha value is -3.72. The maximum absolute atomic E-state index is 13.5. The number of rotatable bonds is 14. The van der Waals surface area contributed by atoms with Crippen LogP contribution in [0.5, 0.6) is 0 Å². The van der Waals surface area contributed by atoms with Crippen LogP contribution in [0.1, 0.15) is 67.2 Å². The molecule has 0 unspecified atom stereocenters. The van der Waals surface area contributed by atoms with Crippen molar-refractivity contribution in [2.45, 2.75) is 82.9 Å². The highest BCUT2D eigenvalue weighted by molar-refractivity contribution is 6.04. The van der Waals surface area contributed by atoms with Gasteiger partial charge in [-0.15, -0.1) is 0 Å². The minimum absolute atomic E-state index is 0.0294. The van der Waals surface area contributed by atoms with Gasteiger partial charge in [-0.25, -0.2) is 0 Å². The number of carbonyl (C=O) groups is 4. The van der Waals surface area contributed by atoms with Gasteiger partial charge < -0.3 is 21.5 Å². The van der Waals surface area contributed by atoms with Crippen LogP contribution in [0.4, 0.5) is 5.69 Å². The summed E-state index contributed by atoms with van der Waals surface area (Å²) in [6, 6.07) is 13.0. The van der Waals surface area contributed by atoms with Crippen molar-refractivity contribution in [2.24, 2.45) is 11.5 Å². The largest absolute Gasteiger partial charge is 0.375 e. The molecule has 0 aliphatic carbocycles. The molecule has 2 atom stereocenters. The number of anilines is 1. The predicted octanol–water partition coefficient (Wildman–Crippen LogP) is 2.45. The van der Waals surface area contributed by atoms with Crippen molar-refractivity contribution >= 4 is 29.3 Å². The molecule has 0 fully saturated rings. The summed E-state index contributed by atoms with van der Waals surface area (Å²) >= 11 is 0. The summed E-state index contributed by atoms with van der Waals surface area (Å²) in [4.78, 5) is 50.5. The summed E-state index contributed by atoms with van der Waals surface area (Å²) in [5.74, 6) is -1.00. The monoisotopic (exact) mass is 534 g/mol. The van der Waals surface area contributed by atoms with E-state index < -0.39 is 18.0 Å². The maximum atomic E-state index is 13.5. The van der Waals surface area contributed by atoms with Gasteiger partial charge in [0, 0.05) is 25.7 Å².